The summed E-state index contributed by atoms with van der Waals surface area (Å²) in [4.78, 5) is 0. The van der Waals surface area contributed by atoms with Crippen molar-refractivity contribution in [3.63, 3.8) is 0 Å². The summed E-state index contributed by atoms with van der Waals surface area (Å²) in [6.07, 6.45) is 23.1. The number of hydrogen-bond donors (Lipinski definition) is 1. The van der Waals surface area contributed by atoms with Crippen LogP contribution in [0.15, 0.2) is 0 Å². The first-order chi connectivity index (χ1) is 12.2. The van der Waals surface area contributed by atoms with Gasteiger partial charge in [0.1, 0.15) is 0 Å². The van der Waals surface area contributed by atoms with E-state index in [0.29, 0.717) is 0 Å². The largest absolute Gasteiger partial charge is 0.317 e. The molecule has 0 bridgehead atoms. The fraction of sp³-hybridized carbons (Fsp3) is 1.00. The number of unbranched alkanes of at least 4 members (excludes halogenated alkanes) is 10. The summed E-state index contributed by atoms with van der Waals surface area (Å²) in [5, 5.41) is 3.50. The van der Waals surface area contributed by atoms with E-state index in [2.05, 4.69) is 33.0 Å². The van der Waals surface area contributed by atoms with Gasteiger partial charge >= 0.3 is 0 Å². The van der Waals surface area contributed by atoms with Gasteiger partial charge in [0, 0.05) is 0 Å². The summed E-state index contributed by atoms with van der Waals surface area (Å²) in [6.45, 7) is 11.6. The van der Waals surface area contributed by atoms with Crippen molar-refractivity contribution >= 4 is 0 Å². The topological polar surface area (TPSA) is 12.0 Å². The molecule has 0 saturated heterocycles. The smallest absolute Gasteiger partial charge is 0.00207 e. The Bertz CT molecular complexity index is 238. The molecule has 0 aliphatic rings. The number of hydrogen-bond acceptors (Lipinski definition) is 1. The molecule has 2 unspecified atom stereocenters. The third-order valence-corrected chi connectivity index (χ3v) is 5.87. The highest BCUT2D eigenvalue weighted by molar-refractivity contribution is 4.61. The van der Waals surface area contributed by atoms with Gasteiger partial charge in [0.2, 0.25) is 0 Å². The van der Waals surface area contributed by atoms with Gasteiger partial charge in [0.05, 0.1) is 0 Å². The lowest BCUT2D eigenvalue weighted by atomic mass is 9.96. The molecule has 2 atom stereocenters. The van der Waals surface area contributed by atoms with Gasteiger partial charge in [-0.2, -0.15) is 0 Å². The average Bonchev–Trinajstić information content (AvgIpc) is 2.63. The van der Waals surface area contributed by atoms with Crippen LogP contribution in [0.1, 0.15) is 130 Å². The lowest BCUT2D eigenvalue weighted by Crippen LogP contribution is -2.22. The molecule has 0 spiro atoms. The molecule has 152 valence electrons. The minimum Gasteiger partial charge on any atom is -0.317 e. The van der Waals surface area contributed by atoms with Crippen LogP contribution in [0.25, 0.3) is 0 Å². The van der Waals surface area contributed by atoms with Crippen LogP contribution >= 0.6 is 0 Å². The van der Waals surface area contributed by atoms with E-state index in [1.54, 1.807) is 0 Å². The van der Waals surface area contributed by atoms with E-state index >= 15 is 0 Å². The first kappa shape index (κ1) is 25.0. The maximum absolute atomic E-state index is 3.50. The Labute approximate surface area is 161 Å². The summed E-state index contributed by atoms with van der Waals surface area (Å²) < 4.78 is 0. The fourth-order valence-electron chi connectivity index (χ4n) is 3.84. The third-order valence-electron chi connectivity index (χ3n) is 5.87. The Morgan fingerprint density at radius 1 is 0.600 bits per heavy atom. The molecule has 1 N–H and O–H groups in total. The predicted octanol–water partition coefficient (Wildman–Crippen LogP) is 8.13. The van der Waals surface area contributed by atoms with Crippen LogP contribution in [0.5, 0.6) is 0 Å². The molecule has 0 aromatic rings. The van der Waals surface area contributed by atoms with Gasteiger partial charge < -0.3 is 5.32 Å². The van der Waals surface area contributed by atoms with Crippen molar-refractivity contribution < 1.29 is 0 Å². The first-order valence-corrected chi connectivity index (χ1v) is 11.9. The summed E-state index contributed by atoms with van der Waals surface area (Å²) >= 11 is 0. The number of rotatable bonds is 20. The molecule has 0 heterocycles. The van der Waals surface area contributed by atoms with Crippen molar-refractivity contribution in [1.29, 1.82) is 0 Å². The molecule has 0 aromatic heterocycles. The Kier molecular flexibility index (Phi) is 20.2. The molecule has 1 nitrogen and oxygen atoms in total. The molecule has 0 aromatic carbocycles. The van der Waals surface area contributed by atoms with E-state index < -0.39 is 0 Å². The molecule has 1 heteroatoms. The Balaban J connectivity index is 3.21. The normalized spacial score (nSPS) is 13.9. The monoisotopic (exact) mass is 353 g/mol. The molecule has 0 aliphatic heterocycles. The molecule has 0 aliphatic carbocycles. The molecule has 0 radical (unpaired) electrons. The van der Waals surface area contributed by atoms with E-state index in [-0.39, 0.29) is 0 Å². The standard InChI is InChI=1S/C24H51N/c1-5-8-19-23(4)20-17-15-13-11-9-10-12-14-16-18-21-24(6-2)22-25-7-3/h23-25H,5-22H2,1-4H3. The molecule has 0 amide bonds. The lowest BCUT2D eigenvalue weighted by molar-refractivity contribution is 0.414. The van der Waals surface area contributed by atoms with Crippen LogP contribution in [-0.4, -0.2) is 13.1 Å². The van der Waals surface area contributed by atoms with Gasteiger partial charge in [-0.25, -0.2) is 0 Å². The van der Waals surface area contributed by atoms with Gasteiger partial charge in [-0.1, -0.05) is 124 Å². The zero-order chi connectivity index (χ0) is 18.6. The quantitative estimate of drug-likeness (QED) is 0.218. The van der Waals surface area contributed by atoms with E-state index in [9.17, 15) is 0 Å². The number of nitrogens with one attached hydrogen (secondary N) is 1. The van der Waals surface area contributed by atoms with Crippen LogP contribution in [0.4, 0.5) is 0 Å². The maximum atomic E-state index is 3.50. The van der Waals surface area contributed by atoms with Crippen molar-refractivity contribution in [2.75, 3.05) is 13.1 Å². The van der Waals surface area contributed by atoms with Crippen LogP contribution in [0, 0.1) is 11.8 Å². The Morgan fingerprint density at radius 3 is 1.56 bits per heavy atom. The molecular formula is C24H51N. The van der Waals surface area contributed by atoms with Gasteiger partial charge in [-0.15, -0.1) is 0 Å². The second kappa shape index (κ2) is 20.3. The van der Waals surface area contributed by atoms with E-state index in [4.69, 9.17) is 0 Å². The van der Waals surface area contributed by atoms with Crippen molar-refractivity contribution in [3.8, 4) is 0 Å². The van der Waals surface area contributed by atoms with Crippen molar-refractivity contribution in [2.24, 2.45) is 11.8 Å². The zero-order valence-corrected chi connectivity index (χ0v) is 18.4. The van der Waals surface area contributed by atoms with Crippen LogP contribution < -0.4 is 5.32 Å². The van der Waals surface area contributed by atoms with E-state index in [0.717, 1.165) is 18.4 Å². The summed E-state index contributed by atoms with van der Waals surface area (Å²) in [6, 6.07) is 0. The van der Waals surface area contributed by atoms with Gasteiger partial charge in [0.15, 0.2) is 0 Å². The fourth-order valence-corrected chi connectivity index (χ4v) is 3.84. The first-order valence-electron chi connectivity index (χ1n) is 11.9. The highest BCUT2D eigenvalue weighted by Crippen LogP contribution is 2.18. The average molecular weight is 354 g/mol. The van der Waals surface area contributed by atoms with E-state index in [1.807, 2.05) is 0 Å². The van der Waals surface area contributed by atoms with Crippen molar-refractivity contribution in [1.82, 2.24) is 5.32 Å². The van der Waals surface area contributed by atoms with Crippen LogP contribution in [-0.2, 0) is 0 Å². The lowest BCUT2D eigenvalue weighted by Gasteiger charge is -2.14. The Hall–Kier alpha value is -0.0400. The molecule has 0 rings (SSSR count). The van der Waals surface area contributed by atoms with Crippen LogP contribution in [0.2, 0.25) is 0 Å². The minimum absolute atomic E-state index is 0.907. The van der Waals surface area contributed by atoms with Gasteiger partial charge in [-0.3, -0.25) is 0 Å². The van der Waals surface area contributed by atoms with Gasteiger partial charge in [0.25, 0.3) is 0 Å². The minimum atomic E-state index is 0.907. The SMILES string of the molecule is CCCCC(C)CCCCCCCCCCCCC(CC)CNCC. The second-order valence-corrected chi connectivity index (χ2v) is 8.44. The van der Waals surface area contributed by atoms with Crippen molar-refractivity contribution in [2.45, 2.75) is 130 Å². The molecule has 25 heavy (non-hydrogen) atoms. The summed E-state index contributed by atoms with van der Waals surface area (Å²) in [5.41, 5.74) is 0. The summed E-state index contributed by atoms with van der Waals surface area (Å²) in [7, 11) is 0. The van der Waals surface area contributed by atoms with Crippen molar-refractivity contribution in [3.05, 3.63) is 0 Å². The predicted molar refractivity (Wildman–Crippen MR) is 116 cm³/mol. The highest BCUT2D eigenvalue weighted by atomic mass is 14.8. The highest BCUT2D eigenvalue weighted by Gasteiger charge is 2.04. The second-order valence-electron chi connectivity index (χ2n) is 8.44. The van der Waals surface area contributed by atoms with Crippen LogP contribution in [0.3, 0.4) is 0 Å². The van der Waals surface area contributed by atoms with E-state index in [1.165, 1.54) is 109 Å². The molecular weight excluding hydrogens is 302 g/mol. The summed E-state index contributed by atoms with van der Waals surface area (Å²) in [5.74, 6) is 1.87. The Morgan fingerprint density at radius 2 is 1.08 bits per heavy atom. The third kappa shape index (κ3) is 18.5. The molecule has 0 saturated carbocycles. The maximum Gasteiger partial charge on any atom is -0.00207 e. The van der Waals surface area contributed by atoms with Gasteiger partial charge in [-0.05, 0) is 31.3 Å². The molecule has 0 fully saturated rings. The zero-order valence-electron chi connectivity index (χ0n) is 18.4.